The predicted octanol–water partition coefficient (Wildman–Crippen LogP) is 6.05. The molecule has 14 heteroatoms. The van der Waals surface area contributed by atoms with E-state index in [1.807, 2.05) is 28.0 Å². The number of anilines is 2. The topological polar surface area (TPSA) is 69.4 Å². The summed E-state index contributed by atoms with van der Waals surface area (Å²) in [5.74, 6) is -1.82. The normalized spacial score (nSPS) is 23.9. The third-order valence-corrected chi connectivity index (χ3v) is 10.9. The van der Waals surface area contributed by atoms with E-state index < -0.39 is 41.6 Å². The molecule has 4 aliphatic rings. The van der Waals surface area contributed by atoms with Crippen LogP contribution in [0.3, 0.4) is 0 Å². The van der Waals surface area contributed by atoms with Crippen molar-refractivity contribution < 1.29 is 27.1 Å². The summed E-state index contributed by atoms with van der Waals surface area (Å²) in [4.78, 5) is 33.1. The Labute approximate surface area is 286 Å². The van der Waals surface area contributed by atoms with Crippen molar-refractivity contribution in [3.05, 3.63) is 76.3 Å². The highest BCUT2D eigenvalue weighted by atomic mass is 35.5. The third kappa shape index (κ3) is 6.03. The maximum Gasteiger partial charge on any atom is 0.318 e. The maximum atomic E-state index is 14.6. The van der Waals surface area contributed by atoms with Crippen LogP contribution in [-0.4, -0.2) is 95.6 Å². The molecule has 4 aliphatic heterocycles. The number of carbonyl (C=O) groups excluding carboxylic acids is 1. The van der Waals surface area contributed by atoms with Crippen molar-refractivity contribution >= 4 is 39.8 Å². The lowest BCUT2D eigenvalue weighted by Crippen LogP contribution is -2.57. The van der Waals surface area contributed by atoms with E-state index in [9.17, 15) is 22.4 Å². The van der Waals surface area contributed by atoms with Crippen molar-refractivity contribution in [1.29, 1.82) is 0 Å². The van der Waals surface area contributed by atoms with Gasteiger partial charge in [-0.3, -0.25) is 9.69 Å². The van der Waals surface area contributed by atoms with Gasteiger partial charge in [-0.2, -0.15) is 9.97 Å². The lowest BCUT2D eigenvalue weighted by atomic mass is 9.95. The minimum Gasteiger partial charge on any atom is -0.461 e. The zero-order valence-corrected chi connectivity index (χ0v) is 27.6. The molecule has 0 bridgehead atoms. The van der Waals surface area contributed by atoms with Crippen molar-refractivity contribution in [1.82, 2.24) is 19.8 Å². The molecule has 49 heavy (non-hydrogen) atoms. The molecular weight excluding hydrogens is 662 g/mol. The Balaban J connectivity index is 1.23. The third-order valence-electron chi connectivity index (χ3n) is 10.6. The van der Waals surface area contributed by atoms with Gasteiger partial charge in [-0.05, 0) is 56.2 Å². The highest BCUT2D eigenvalue weighted by Gasteiger charge is 2.52. The van der Waals surface area contributed by atoms with Crippen LogP contribution >= 0.6 is 11.6 Å². The number of carbonyl (C=O) groups is 1. The number of halogens is 5. The van der Waals surface area contributed by atoms with Crippen molar-refractivity contribution in [3.63, 3.8) is 0 Å². The van der Waals surface area contributed by atoms with E-state index in [0.717, 1.165) is 29.5 Å². The summed E-state index contributed by atoms with van der Waals surface area (Å²) < 4.78 is 62.6. The summed E-state index contributed by atoms with van der Waals surface area (Å²) in [5, 5.41) is 1.45. The molecule has 9 nitrogen and oxygen atoms in total. The van der Waals surface area contributed by atoms with Crippen LogP contribution in [0, 0.1) is 12.4 Å². The summed E-state index contributed by atoms with van der Waals surface area (Å²) >= 11 is 6.49. The molecular formula is C35H36ClF4N7O2. The van der Waals surface area contributed by atoms with E-state index in [1.165, 1.54) is 11.0 Å². The van der Waals surface area contributed by atoms with Gasteiger partial charge < -0.3 is 24.3 Å². The van der Waals surface area contributed by atoms with Crippen LogP contribution < -0.4 is 14.5 Å². The standard InChI is InChI=1S/C35H36ClF4N7O2/c1-21(37)33(48)46-16-15-45(18-23(46)17-41-2)32-24-10-14-44(27-6-3-5-22-7-8-25(38)30(36)29(22)27)19-26(24)42-34(43-32)49-20-35-11-4-13-47(35)28(9-12-35)31(39)40/h3,5-8,23,28,31H,1,4,9-20H2/t23-,28?,35?/m0/s1. The second kappa shape index (κ2) is 13.3. The fraction of sp³-hybridized carbons (Fsp3) is 0.486. The Kier molecular flexibility index (Phi) is 9.04. The summed E-state index contributed by atoms with van der Waals surface area (Å²) in [6.45, 7) is 13.0. The number of benzene rings is 2. The van der Waals surface area contributed by atoms with Gasteiger partial charge in [0, 0.05) is 42.8 Å². The molecule has 3 atom stereocenters. The molecule has 2 aromatic carbocycles. The highest BCUT2D eigenvalue weighted by Crippen LogP contribution is 2.45. The molecule has 0 spiro atoms. The quantitative estimate of drug-likeness (QED) is 0.162. The van der Waals surface area contributed by atoms with Gasteiger partial charge >= 0.3 is 6.01 Å². The van der Waals surface area contributed by atoms with Gasteiger partial charge in [0.1, 0.15) is 24.3 Å². The van der Waals surface area contributed by atoms with E-state index in [4.69, 9.17) is 32.9 Å². The lowest BCUT2D eigenvalue weighted by Gasteiger charge is -2.41. The number of alkyl halides is 2. The molecule has 5 heterocycles. The summed E-state index contributed by atoms with van der Waals surface area (Å²) in [6, 6.07) is 7.43. The van der Waals surface area contributed by atoms with Gasteiger partial charge in [0.25, 0.3) is 12.3 Å². The van der Waals surface area contributed by atoms with Crippen LogP contribution in [0.2, 0.25) is 5.02 Å². The van der Waals surface area contributed by atoms with Gasteiger partial charge in [0.2, 0.25) is 6.54 Å². The first-order valence-corrected chi connectivity index (χ1v) is 16.9. The minimum absolute atomic E-state index is 0.0258. The molecule has 0 radical (unpaired) electrons. The maximum absolute atomic E-state index is 14.6. The Hall–Kier alpha value is -4.15. The summed E-state index contributed by atoms with van der Waals surface area (Å²) in [6.07, 6.45) is 0.641. The first kappa shape index (κ1) is 33.4. The van der Waals surface area contributed by atoms with E-state index in [0.29, 0.717) is 62.3 Å². The zero-order valence-electron chi connectivity index (χ0n) is 26.9. The molecule has 3 fully saturated rings. The van der Waals surface area contributed by atoms with E-state index in [2.05, 4.69) is 16.3 Å². The second-order valence-electron chi connectivity index (χ2n) is 13.3. The highest BCUT2D eigenvalue weighted by molar-refractivity contribution is 6.36. The number of rotatable bonds is 8. The zero-order chi connectivity index (χ0) is 34.4. The Morgan fingerprint density at radius 3 is 2.76 bits per heavy atom. The Morgan fingerprint density at radius 2 is 1.98 bits per heavy atom. The van der Waals surface area contributed by atoms with Crippen LogP contribution in [0.25, 0.3) is 15.6 Å². The van der Waals surface area contributed by atoms with E-state index in [-0.39, 0.29) is 37.3 Å². The van der Waals surface area contributed by atoms with Crippen molar-refractivity contribution in [2.75, 3.05) is 55.7 Å². The SMILES string of the molecule is [C-]#[N+]C[C@H]1CN(c2nc(OCC34CCCN3C(C(F)F)CC4)nc3c2CCN(c2cccc4ccc(F)c(Cl)c24)C3)CCN1C(=O)C(=C)F. The molecule has 3 saturated heterocycles. The number of piperazine rings is 1. The number of nitrogens with zero attached hydrogens (tertiary/aromatic N) is 7. The van der Waals surface area contributed by atoms with E-state index in [1.54, 1.807) is 6.07 Å². The second-order valence-corrected chi connectivity index (χ2v) is 13.6. The number of hydrogen-bond acceptors (Lipinski definition) is 7. The monoisotopic (exact) mass is 697 g/mol. The van der Waals surface area contributed by atoms with Crippen LogP contribution in [0.4, 0.5) is 29.1 Å². The van der Waals surface area contributed by atoms with Crippen molar-refractivity contribution in [3.8, 4) is 6.01 Å². The molecule has 7 rings (SSSR count). The average Bonchev–Trinajstić information content (AvgIpc) is 3.67. The molecule has 0 saturated carbocycles. The minimum atomic E-state index is -2.43. The molecule has 258 valence electrons. The van der Waals surface area contributed by atoms with Gasteiger partial charge in [-0.15, -0.1) is 0 Å². The van der Waals surface area contributed by atoms with Crippen molar-refractivity contribution in [2.45, 2.75) is 62.7 Å². The summed E-state index contributed by atoms with van der Waals surface area (Å²) in [5.41, 5.74) is 1.80. The molecule has 0 N–H and O–H groups in total. The van der Waals surface area contributed by atoms with Gasteiger partial charge in [0.15, 0.2) is 5.83 Å². The Bertz CT molecular complexity index is 1840. The molecule has 3 aromatic rings. The molecule has 1 aromatic heterocycles. The Morgan fingerprint density at radius 1 is 1.14 bits per heavy atom. The average molecular weight is 698 g/mol. The van der Waals surface area contributed by atoms with Crippen LogP contribution in [0.15, 0.2) is 42.7 Å². The molecule has 0 aliphatic carbocycles. The fourth-order valence-electron chi connectivity index (χ4n) is 8.21. The number of ether oxygens (including phenoxy) is 1. The first-order valence-electron chi connectivity index (χ1n) is 16.5. The summed E-state index contributed by atoms with van der Waals surface area (Å²) in [7, 11) is 0. The van der Waals surface area contributed by atoms with Crippen LogP contribution in [-0.2, 0) is 17.8 Å². The molecule has 1 amide bonds. The van der Waals surface area contributed by atoms with Gasteiger partial charge in [-0.25, -0.2) is 24.1 Å². The van der Waals surface area contributed by atoms with Gasteiger partial charge in [-0.1, -0.05) is 36.4 Å². The fourth-order valence-corrected chi connectivity index (χ4v) is 8.48. The predicted molar refractivity (Wildman–Crippen MR) is 178 cm³/mol. The number of amides is 1. The number of hydrogen-bond donors (Lipinski definition) is 0. The van der Waals surface area contributed by atoms with Crippen LogP contribution in [0.1, 0.15) is 36.9 Å². The van der Waals surface area contributed by atoms with Gasteiger partial charge in [0.05, 0.1) is 28.8 Å². The van der Waals surface area contributed by atoms with E-state index >= 15 is 0 Å². The number of fused-ring (bicyclic) bond motifs is 3. The smallest absolute Gasteiger partial charge is 0.318 e. The number of aromatic nitrogens is 2. The van der Waals surface area contributed by atoms with Crippen molar-refractivity contribution in [2.24, 2.45) is 0 Å². The first-order chi connectivity index (χ1) is 23.6. The molecule has 2 unspecified atom stereocenters. The lowest BCUT2D eigenvalue weighted by molar-refractivity contribution is -0.131. The largest absolute Gasteiger partial charge is 0.461 e. The van der Waals surface area contributed by atoms with Crippen LogP contribution in [0.5, 0.6) is 6.01 Å².